The second-order valence-electron chi connectivity index (χ2n) is 5.20. The first-order chi connectivity index (χ1) is 8.99. The van der Waals surface area contributed by atoms with Crippen LogP contribution in [0.5, 0.6) is 0 Å². The van der Waals surface area contributed by atoms with Crippen LogP contribution in [0, 0.1) is 5.92 Å². The summed E-state index contributed by atoms with van der Waals surface area (Å²) in [5.41, 5.74) is 0. The molecule has 0 spiro atoms. The summed E-state index contributed by atoms with van der Waals surface area (Å²) in [7, 11) is 0.142. The van der Waals surface area contributed by atoms with Gasteiger partial charge in [-0.1, -0.05) is 6.42 Å². The van der Waals surface area contributed by atoms with E-state index in [0.717, 1.165) is 25.9 Å². The summed E-state index contributed by atoms with van der Waals surface area (Å²) in [5, 5.41) is 7.20. The monoisotopic (exact) mass is 287 g/mol. The summed E-state index contributed by atoms with van der Waals surface area (Å²) >= 11 is 0. The summed E-state index contributed by atoms with van der Waals surface area (Å²) in [4.78, 5) is 2.26. The molecule has 1 aromatic heterocycles. The summed E-state index contributed by atoms with van der Waals surface area (Å²) in [6, 6.07) is 0. The molecule has 1 fully saturated rings. The van der Waals surface area contributed by atoms with Gasteiger partial charge < -0.3 is 9.47 Å². The number of hydrogen-bond acceptors (Lipinski definition) is 5. The molecular formula is C11H21N5O2S. The zero-order valence-electron chi connectivity index (χ0n) is 11.4. The van der Waals surface area contributed by atoms with Gasteiger partial charge in [0.2, 0.25) is 0 Å². The van der Waals surface area contributed by atoms with Crippen molar-refractivity contribution in [3.63, 3.8) is 0 Å². The van der Waals surface area contributed by atoms with Gasteiger partial charge in [0, 0.05) is 20.1 Å². The van der Waals surface area contributed by atoms with Gasteiger partial charge >= 0.3 is 0 Å². The highest BCUT2D eigenvalue weighted by Crippen LogP contribution is 2.15. The largest absolute Gasteiger partial charge is 0.306 e. The number of aromatic nitrogens is 3. The molecule has 7 nitrogen and oxygen atoms in total. The first kappa shape index (κ1) is 14.4. The molecule has 0 amide bonds. The van der Waals surface area contributed by atoms with E-state index in [0.29, 0.717) is 12.5 Å². The highest BCUT2D eigenvalue weighted by molar-refractivity contribution is 7.89. The Morgan fingerprint density at radius 1 is 1.42 bits per heavy atom. The van der Waals surface area contributed by atoms with Crippen LogP contribution in [0.4, 0.5) is 0 Å². The van der Waals surface area contributed by atoms with Gasteiger partial charge in [-0.3, -0.25) is 0 Å². The molecule has 19 heavy (non-hydrogen) atoms. The molecule has 1 atom stereocenters. The van der Waals surface area contributed by atoms with E-state index in [1.807, 2.05) is 0 Å². The third-order valence-electron chi connectivity index (χ3n) is 3.44. The van der Waals surface area contributed by atoms with Crippen molar-refractivity contribution >= 4 is 10.0 Å². The molecule has 1 aliphatic heterocycles. The Balaban J connectivity index is 1.96. The van der Waals surface area contributed by atoms with Crippen LogP contribution in [0.15, 0.2) is 11.5 Å². The lowest BCUT2D eigenvalue weighted by molar-refractivity contribution is 0.299. The molecule has 0 radical (unpaired) electrons. The van der Waals surface area contributed by atoms with Crippen molar-refractivity contribution in [3.05, 3.63) is 6.33 Å². The van der Waals surface area contributed by atoms with Crippen molar-refractivity contribution in [2.45, 2.75) is 24.4 Å². The topological polar surface area (TPSA) is 80.1 Å². The third kappa shape index (κ3) is 3.74. The van der Waals surface area contributed by atoms with Crippen molar-refractivity contribution in [3.8, 4) is 0 Å². The van der Waals surface area contributed by atoms with Crippen molar-refractivity contribution in [2.75, 3.05) is 26.7 Å². The maximum Gasteiger partial charge on any atom is 0.276 e. The number of nitrogens with zero attached hydrogens (tertiary/aromatic N) is 4. The van der Waals surface area contributed by atoms with Gasteiger partial charge in [0.1, 0.15) is 6.33 Å². The first-order valence-electron chi connectivity index (χ1n) is 6.51. The quantitative estimate of drug-likeness (QED) is 0.831. The van der Waals surface area contributed by atoms with E-state index in [2.05, 4.69) is 26.9 Å². The van der Waals surface area contributed by atoms with Crippen LogP contribution in [-0.4, -0.2) is 54.8 Å². The average Bonchev–Trinajstić information content (AvgIpc) is 2.67. The molecule has 0 bridgehead atoms. The Labute approximate surface area is 114 Å². The Hall–Kier alpha value is -0.990. The van der Waals surface area contributed by atoms with Crippen molar-refractivity contribution < 1.29 is 8.42 Å². The fourth-order valence-electron chi connectivity index (χ4n) is 2.41. The predicted molar refractivity (Wildman–Crippen MR) is 71.0 cm³/mol. The highest BCUT2D eigenvalue weighted by atomic mass is 32.2. The molecule has 1 saturated heterocycles. The molecule has 8 heteroatoms. The molecule has 0 saturated carbocycles. The van der Waals surface area contributed by atoms with Crippen LogP contribution in [0.25, 0.3) is 0 Å². The maximum absolute atomic E-state index is 12.1. The van der Waals surface area contributed by atoms with Crippen LogP contribution < -0.4 is 4.72 Å². The number of likely N-dealkylation sites (tertiary alicyclic amines) is 1. The molecule has 1 aliphatic rings. The van der Waals surface area contributed by atoms with Gasteiger partial charge in [-0.15, -0.1) is 10.2 Å². The van der Waals surface area contributed by atoms with Crippen LogP contribution >= 0.6 is 0 Å². The maximum atomic E-state index is 12.1. The average molecular weight is 287 g/mol. The smallest absolute Gasteiger partial charge is 0.276 e. The molecule has 1 unspecified atom stereocenters. The van der Waals surface area contributed by atoms with E-state index in [9.17, 15) is 8.42 Å². The van der Waals surface area contributed by atoms with E-state index in [1.165, 1.54) is 17.3 Å². The lowest BCUT2D eigenvalue weighted by Gasteiger charge is -2.20. The summed E-state index contributed by atoms with van der Waals surface area (Å²) in [5.74, 6) is 0.357. The number of sulfonamides is 1. The molecule has 2 rings (SSSR count). The van der Waals surface area contributed by atoms with E-state index < -0.39 is 10.0 Å². The number of hydrogen-bond donors (Lipinski definition) is 1. The summed E-state index contributed by atoms with van der Waals surface area (Å²) in [6.07, 6.45) is 4.78. The predicted octanol–water partition coefficient (Wildman–Crippen LogP) is -0.175. The molecule has 108 valence electrons. The Morgan fingerprint density at radius 3 is 2.89 bits per heavy atom. The minimum atomic E-state index is -3.56. The highest BCUT2D eigenvalue weighted by Gasteiger charge is 2.23. The Kier molecular flexibility index (Phi) is 4.54. The lowest BCUT2D eigenvalue weighted by atomic mass is 10.0. The SMILES string of the molecule is CN1CCCCC(CNS(=O)(=O)c2nncn2C)C1. The molecule has 0 aliphatic carbocycles. The van der Waals surface area contributed by atoms with E-state index in [4.69, 9.17) is 0 Å². The van der Waals surface area contributed by atoms with Gasteiger partial charge in [-0.05, 0) is 32.4 Å². The van der Waals surface area contributed by atoms with Gasteiger partial charge in [0.15, 0.2) is 0 Å². The standard InChI is InChI=1S/C11H21N5O2S/c1-15-6-4-3-5-10(8-15)7-13-19(17,18)11-14-12-9-16(11)2/h9-10,13H,3-8H2,1-2H3. The second kappa shape index (κ2) is 5.98. The van der Waals surface area contributed by atoms with E-state index in [-0.39, 0.29) is 5.16 Å². The Bertz CT molecular complexity index is 513. The van der Waals surface area contributed by atoms with Gasteiger partial charge in [-0.2, -0.15) is 0 Å². The van der Waals surface area contributed by atoms with Crippen LogP contribution in [0.3, 0.4) is 0 Å². The molecular weight excluding hydrogens is 266 g/mol. The van der Waals surface area contributed by atoms with Crippen molar-refractivity contribution in [1.29, 1.82) is 0 Å². The number of rotatable bonds is 4. The molecule has 1 N–H and O–H groups in total. The van der Waals surface area contributed by atoms with Crippen molar-refractivity contribution in [2.24, 2.45) is 13.0 Å². The summed E-state index contributed by atoms with van der Waals surface area (Å²) in [6.45, 7) is 2.48. The Morgan fingerprint density at radius 2 is 2.21 bits per heavy atom. The fraction of sp³-hybridized carbons (Fsp3) is 0.818. The van der Waals surface area contributed by atoms with Crippen LogP contribution in [0.2, 0.25) is 0 Å². The van der Waals surface area contributed by atoms with E-state index >= 15 is 0 Å². The lowest BCUT2D eigenvalue weighted by Crippen LogP contribution is -2.35. The van der Waals surface area contributed by atoms with E-state index in [1.54, 1.807) is 7.05 Å². The third-order valence-corrected chi connectivity index (χ3v) is 4.84. The van der Waals surface area contributed by atoms with Gasteiger partial charge in [0.05, 0.1) is 0 Å². The fourth-order valence-corrected chi connectivity index (χ4v) is 3.58. The molecule has 0 aromatic carbocycles. The zero-order valence-corrected chi connectivity index (χ0v) is 12.2. The number of nitrogens with one attached hydrogen (secondary N) is 1. The molecule has 2 heterocycles. The first-order valence-corrected chi connectivity index (χ1v) is 7.99. The zero-order chi connectivity index (χ0) is 13.9. The summed E-state index contributed by atoms with van der Waals surface area (Å²) < 4.78 is 28.2. The van der Waals surface area contributed by atoms with Gasteiger partial charge in [0.25, 0.3) is 15.2 Å². The van der Waals surface area contributed by atoms with Crippen molar-refractivity contribution in [1.82, 2.24) is 24.4 Å². The van der Waals surface area contributed by atoms with Crippen LogP contribution in [0.1, 0.15) is 19.3 Å². The normalized spacial score (nSPS) is 22.3. The van der Waals surface area contributed by atoms with Crippen LogP contribution in [-0.2, 0) is 17.1 Å². The number of aryl methyl sites for hydroxylation is 1. The minimum absolute atomic E-state index is 0.0329. The minimum Gasteiger partial charge on any atom is -0.306 e. The second-order valence-corrected chi connectivity index (χ2v) is 6.86. The molecule has 1 aromatic rings. The van der Waals surface area contributed by atoms with Gasteiger partial charge in [-0.25, -0.2) is 13.1 Å².